The van der Waals surface area contributed by atoms with Crippen LogP contribution in [-0.2, 0) is 9.53 Å². The predicted octanol–water partition coefficient (Wildman–Crippen LogP) is 3.05. The first-order chi connectivity index (χ1) is 11.9. The Morgan fingerprint density at radius 3 is 2.68 bits per heavy atom. The first-order valence-corrected chi connectivity index (χ1v) is 7.33. The summed E-state index contributed by atoms with van der Waals surface area (Å²) >= 11 is 5.67. The van der Waals surface area contributed by atoms with Gasteiger partial charge in [-0.3, -0.25) is 14.9 Å². The molecule has 8 nitrogen and oxygen atoms in total. The number of nitrogens with one attached hydrogen (secondary N) is 1. The number of amides is 1. The first-order valence-electron chi connectivity index (χ1n) is 6.95. The number of carbonyl (C=O) groups excluding carboxylic acids is 2. The highest BCUT2D eigenvalue weighted by molar-refractivity contribution is 6.32. The highest BCUT2D eigenvalue weighted by Crippen LogP contribution is 2.25. The summed E-state index contributed by atoms with van der Waals surface area (Å²) in [5, 5.41) is 13.2. The van der Waals surface area contributed by atoms with Crippen LogP contribution in [0.3, 0.4) is 0 Å². The third-order valence-electron chi connectivity index (χ3n) is 3.07. The lowest BCUT2D eigenvalue weighted by Crippen LogP contribution is -2.21. The van der Waals surface area contributed by atoms with E-state index in [1.807, 2.05) is 0 Å². The summed E-state index contributed by atoms with van der Waals surface area (Å²) in [5.74, 6) is -0.881. The molecular weight excluding hydrogens is 352 g/mol. The number of methoxy groups -OCH3 is 1. The Labute approximate surface area is 147 Å². The van der Waals surface area contributed by atoms with Crippen molar-refractivity contribution in [1.82, 2.24) is 0 Å². The standard InChI is InChI=1S/C16H13ClN2O6/c1-24-12-4-2-3-11(8-12)18-15(20)9-25-16(21)10-5-6-13(17)14(7-10)19(22)23/h2-8H,9H2,1H3,(H,18,20). The Morgan fingerprint density at radius 2 is 2.00 bits per heavy atom. The monoisotopic (exact) mass is 364 g/mol. The Kier molecular flexibility index (Phi) is 5.91. The van der Waals surface area contributed by atoms with Gasteiger partial charge in [0.15, 0.2) is 6.61 Å². The maximum atomic E-state index is 11.9. The lowest BCUT2D eigenvalue weighted by atomic mass is 10.2. The van der Waals surface area contributed by atoms with Crippen LogP contribution in [0.25, 0.3) is 0 Å². The number of esters is 1. The van der Waals surface area contributed by atoms with Crippen LogP contribution in [0.2, 0.25) is 5.02 Å². The van der Waals surface area contributed by atoms with Crippen molar-refractivity contribution in [3.63, 3.8) is 0 Å². The van der Waals surface area contributed by atoms with Gasteiger partial charge in [-0.2, -0.15) is 0 Å². The SMILES string of the molecule is COc1cccc(NC(=O)COC(=O)c2ccc(Cl)c([N+](=O)[O-])c2)c1. The first kappa shape index (κ1) is 18.2. The molecule has 0 aliphatic heterocycles. The lowest BCUT2D eigenvalue weighted by molar-refractivity contribution is -0.384. The molecule has 0 atom stereocenters. The van der Waals surface area contributed by atoms with Gasteiger partial charge in [0.1, 0.15) is 10.8 Å². The summed E-state index contributed by atoms with van der Waals surface area (Å²) in [6, 6.07) is 10.1. The van der Waals surface area contributed by atoms with E-state index in [-0.39, 0.29) is 10.6 Å². The van der Waals surface area contributed by atoms with Gasteiger partial charge in [0, 0.05) is 17.8 Å². The minimum atomic E-state index is -0.874. The van der Waals surface area contributed by atoms with Crippen molar-refractivity contribution < 1.29 is 24.0 Å². The molecule has 130 valence electrons. The molecule has 0 aliphatic rings. The molecule has 2 aromatic rings. The van der Waals surface area contributed by atoms with Crippen molar-refractivity contribution in [2.24, 2.45) is 0 Å². The average molecular weight is 365 g/mol. The van der Waals surface area contributed by atoms with E-state index in [1.165, 1.54) is 19.2 Å². The zero-order chi connectivity index (χ0) is 18.4. The van der Waals surface area contributed by atoms with Crippen LogP contribution in [0.1, 0.15) is 10.4 Å². The van der Waals surface area contributed by atoms with Crippen molar-refractivity contribution in [3.05, 3.63) is 63.2 Å². The zero-order valence-electron chi connectivity index (χ0n) is 13.0. The number of anilines is 1. The van der Waals surface area contributed by atoms with Crippen LogP contribution in [0.15, 0.2) is 42.5 Å². The molecule has 1 amide bonds. The summed E-state index contributed by atoms with van der Waals surface area (Å²) in [6.07, 6.45) is 0. The van der Waals surface area contributed by atoms with Crippen molar-refractivity contribution >= 4 is 34.9 Å². The van der Waals surface area contributed by atoms with E-state index in [1.54, 1.807) is 24.3 Å². The summed E-state index contributed by atoms with van der Waals surface area (Å²) in [4.78, 5) is 33.8. The van der Waals surface area contributed by atoms with E-state index in [2.05, 4.69) is 5.32 Å². The third-order valence-corrected chi connectivity index (χ3v) is 3.39. The highest BCUT2D eigenvalue weighted by Gasteiger charge is 2.18. The normalized spacial score (nSPS) is 10.0. The van der Waals surface area contributed by atoms with Gasteiger partial charge in [-0.1, -0.05) is 17.7 Å². The van der Waals surface area contributed by atoms with Crippen molar-refractivity contribution in [2.45, 2.75) is 0 Å². The molecule has 9 heteroatoms. The number of nitrogens with zero attached hydrogens (tertiary/aromatic N) is 1. The number of nitro benzene ring substituents is 1. The molecule has 0 bridgehead atoms. The molecule has 2 aromatic carbocycles. The van der Waals surface area contributed by atoms with E-state index < -0.39 is 29.1 Å². The number of nitro groups is 1. The Balaban J connectivity index is 1.96. The largest absolute Gasteiger partial charge is 0.497 e. The van der Waals surface area contributed by atoms with E-state index in [9.17, 15) is 19.7 Å². The second-order valence-electron chi connectivity index (χ2n) is 4.78. The topological polar surface area (TPSA) is 108 Å². The molecule has 0 aromatic heterocycles. The van der Waals surface area contributed by atoms with Gasteiger partial charge in [0.2, 0.25) is 0 Å². The molecule has 0 saturated carbocycles. The fraction of sp³-hybridized carbons (Fsp3) is 0.125. The highest BCUT2D eigenvalue weighted by atomic mass is 35.5. The van der Waals surface area contributed by atoms with Crippen LogP contribution >= 0.6 is 11.6 Å². The maximum Gasteiger partial charge on any atom is 0.338 e. The number of hydrogen-bond donors (Lipinski definition) is 1. The molecule has 0 heterocycles. The summed E-state index contributed by atoms with van der Waals surface area (Å²) in [6.45, 7) is -0.549. The molecule has 0 aliphatic carbocycles. The number of hydrogen-bond acceptors (Lipinski definition) is 6. The molecular formula is C16H13ClN2O6. The predicted molar refractivity (Wildman–Crippen MR) is 90.0 cm³/mol. The van der Waals surface area contributed by atoms with E-state index in [0.717, 1.165) is 6.07 Å². The van der Waals surface area contributed by atoms with Gasteiger partial charge in [0.25, 0.3) is 11.6 Å². The molecule has 0 fully saturated rings. The van der Waals surface area contributed by atoms with Crippen LogP contribution in [0, 0.1) is 10.1 Å². The lowest BCUT2D eigenvalue weighted by Gasteiger charge is -2.08. The summed E-state index contributed by atoms with van der Waals surface area (Å²) in [5.41, 5.74) is -0.0234. The fourth-order valence-corrected chi connectivity index (χ4v) is 2.08. The van der Waals surface area contributed by atoms with E-state index in [0.29, 0.717) is 11.4 Å². The Hall–Kier alpha value is -3.13. The Morgan fingerprint density at radius 1 is 1.24 bits per heavy atom. The second kappa shape index (κ2) is 8.11. The molecule has 25 heavy (non-hydrogen) atoms. The van der Waals surface area contributed by atoms with Crippen LogP contribution in [0.5, 0.6) is 5.75 Å². The summed E-state index contributed by atoms with van der Waals surface area (Å²) in [7, 11) is 1.49. The van der Waals surface area contributed by atoms with Gasteiger partial charge < -0.3 is 14.8 Å². The fourth-order valence-electron chi connectivity index (χ4n) is 1.89. The van der Waals surface area contributed by atoms with Crippen molar-refractivity contribution in [2.75, 3.05) is 19.0 Å². The molecule has 0 spiro atoms. The average Bonchev–Trinajstić information content (AvgIpc) is 2.60. The zero-order valence-corrected chi connectivity index (χ0v) is 13.8. The third kappa shape index (κ3) is 4.92. The number of rotatable bonds is 6. The quantitative estimate of drug-likeness (QED) is 0.479. The van der Waals surface area contributed by atoms with Gasteiger partial charge in [-0.15, -0.1) is 0 Å². The molecule has 1 N–H and O–H groups in total. The smallest absolute Gasteiger partial charge is 0.338 e. The molecule has 2 rings (SSSR count). The molecule has 0 saturated heterocycles. The minimum absolute atomic E-state index is 0.0784. The van der Waals surface area contributed by atoms with E-state index >= 15 is 0 Å². The number of ether oxygens (including phenoxy) is 2. The molecule has 0 unspecified atom stereocenters. The van der Waals surface area contributed by atoms with Crippen molar-refractivity contribution in [1.29, 1.82) is 0 Å². The van der Waals surface area contributed by atoms with Gasteiger partial charge in [0.05, 0.1) is 17.6 Å². The van der Waals surface area contributed by atoms with Crippen molar-refractivity contribution in [3.8, 4) is 5.75 Å². The van der Waals surface area contributed by atoms with Gasteiger partial charge >= 0.3 is 5.97 Å². The van der Waals surface area contributed by atoms with Gasteiger partial charge in [-0.25, -0.2) is 4.79 Å². The number of carbonyl (C=O) groups is 2. The Bertz CT molecular complexity index is 824. The van der Waals surface area contributed by atoms with E-state index in [4.69, 9.17) is 21.1 Å². The van der Waals surface area contributed by atoms with Crippen LogP contribution in [0.4, 0.5) is 11.4 Å². The second-order valence-corrected chi connectivity index (χ2v) is 5.19. The molecule has 0 radical (unpaired) electrons. The number of halogens is 1. The number of benzene rings is 2. The minimum Gasteiger partial charge on any atom is -0.497 e. The summed E-state index contributed by atoms with van der Waals surface area (Å²) < 4.78 is 9.88. The van der Waals surface area contributed by atoms with Crippen LogP contribution < -0.4 is 10.1 Å². The van der Waals surface area contributed by atoms with Gasteiger partial charge in [-0.05, 0) is 24.3 Å². The maximum absolute atomic E-state index is 11.9. The van der Waals surface area contributed by atoms with Crippen LogP contribution in [-0.4, -0.2) is 30.5 Å².